The maximum Gasteiger partial charge on any atom is 0.266 e. The molecule has 0 atom stereocenters. The van der Waals surface area contributed by atoms with E-state index in [-0.39, 0.29) is 11.5 Å². The van der Waals surface area contributed by atoms with Gasteiger partial charge in [0, 0.05) is 18.7 Å². The third kappa shape index (κ3) is 2.81. The van der Waals surface area contributed by atoms with Crippen LogP contribution in [0.25, 0.3) is 11.0 Å². The SMILES string of the molecule is CCCN(CC)C(=O)c1ccc2ncc(=O)[nH]c2c1. The minimum Gasteiger partial charge on any atom is -0.339 e. The van der Waals surface area contributed by atoms with Crippen LogP contribution in [0.3, 0.4) is 0 Å². The summed E-state index contributed by atoms with van der Waals surface area (Å²) in [6.07, 6.45) is 2.16. The molecule has 0 saturated carbocycles. The maximum atomic E-state index is 12.3. The number of carbonyl (C=O) groups excluding carboxylic acids is 1. The molecule has 0 bridgehead atoms. The fraction of sp³-hybridized carbons (Fsp3) is 0.357. The quantitative estimate of drug-likeness (QED) is 0.910. The number of H-pyrrole nitrogens is 1. The zero-order valence-corrected chi connectivity index (χ0v) is 11.1. The number of carbonyl (C=O) groups is 1. The highest BCUT2D eigenvalue weighted by atomic mass is 16.2. The number of hydrogen-bond acceptors (Lipinski definition) is 3. The molecule has 0 spiro atoms. The minimum atomic E-state index is -0.266. The first-order chi connectivity index (χ1) is 9.15. The summed E-state index contributed by atoms with van der Waals surface area (Å²) in [6, 6.07) is 5.18. The fourth-order valence-electron chi connectivity index (χ4n) is 2.03. The van der Waals surface area contributed by atoms with Crippen LogP contribution in [0.5, 0.6) is 0 Å². The number of hydrogen-bond donors (Lipinski definition) is 1. The summed E-state index contributed by atoms with van der Waals surface area (Å²) < 4.78 is 0. The van der Waals surface area contributed by atoms with E-state index in [9.17, 15) is 9.59 Å². The second kappa shape index (κ2) is 5.65. The van der Waals surface area contributed by atoms with E-state index in [1.807, 2.05) is 13.8 Å². The highest BCUT2D eigenvalue weighted by Crippen LogP contribution is 2.12. The minimum absolute atomic E-state index is 0.0176. The van der Waals surface area contributed by atoms with Gasteiger partial charge in [0.25, 0.3) is 11.5 Å². The summed E-state index contributed by atoms with van der Waals surface area (Å²) in [7, 11) is 0. The van der Waals surface area contributed by atoms with Gasteiger partial charge in [0.15, 0.2) is 0 Å². The van der Waals surface area contributed by atoms with Gasteiger partial charge in [0.05, 0.1) is 17.2 Å². The first-order valence-corrected chi connectivity index (χ1v) is 6.44. The molecule has 0 fully saturated rings. The molecule has 1 heterocycles. The number of fused-ring (bicyclic) bond motifs is 1. The average molecular weight is 259 g/mol. The largest absolute Gasteiger partial charge is 0.339 e. The van der Waals surface area contributed by atoms with Gasteiger partial charge >= 0.3 is 0 Å². The van der Waals surface area contributed by atoms with Gasteiger partial charge < -0.3 is 9.88 Å². The van der Waals surface area contributed by atoms with Crippen LogP contribution < -0.4 is 5.56 Å². The third-order valence-electron chi connectivity index (χ3n) is 2.98. The van der Waals surface area contributed by atoms with Crippen molar-refractivity contribution in [3.05, 3.63) is 40.3 Å². The van der Waals surface area contributed by atoms with Crippen molar-refractivity contribution >= 4 is 16.9 Å². The lowest BCUT2D eigenvalue weighted by Crippen LogP contribution is -2.31. The molecule has 5 nitrogen and oxygen atoms in total. The van der Waals surface area contributed by atoms with Crippen LogP contribution in [-0.4, -0.2) is 33.9 Å². The van der Waals surface area contributed by atoms with Crippen LogP contribution >= 0.6 is 0 Å². The summed E-state index contributed by atoms with van der Waals surface area (Å²) in [4.78, 5) is 32.0. The van der Waals surface area contributed by atoms with Crippen molar-refractivity contribution < 1.29 is 4.79 Å². The number of rotatable bonds is 4. The van der Waals surface area contributed by atoms with Crippen molar-refractivity contribution in [2.24, 2.45) is 0 Å². The first kappa shape index (κ1) is 13.3. The van der Waals surface area contributed by atoms with Gasteiger partial charge in [-0.1, -0.05) is 6.92 Å². The molecule has 0 saturated heterocycles. The van der Waals surface area contributed by atoms with Crippen molar-refractivity contribution in [1.29, 1.82) is 0 Å². The van der Waals surface area contributed by atoms with Gasteiger partial charge in [-0.3, -0.25) is 9.59 Å². The van der Waals surface area contributed by atoms with Crippen molar-refractivity contribution in [3.8, 4) is 0 Å². The second-order valence-corrected chi connectivity index (χ2v) is 4.36. The van der Waals surface area contributed by atoms with Gasteiger partial charge in [0.2, 0.25) is 0 Å². The zero-order valence-electron chi connectivity index (χ0n) is 11.1. The Bertz CT molecular complexity index is 648. The average Bonchev–Trinajstić information content (AvgIpc) is 2.43. The molecule has 1 aromatic heterocycles. The number of benzene rings is 1. The highest BCUT2D eigenvalue weighted by Gasteiger charge is 2.13. The van der Waals surface area contributed by atoms with E-state index >= 15 is 0 Å². The molecule has 0 aliphatic carbocycles. The van der Waals surface area contributed by atoms with Gasteiger partial charge in [-0.25, -0.2) is 4.98 Å². The van der Waals surface area contributed by atoms with Crippen molar-refractivity contribution in [3.63, 3.8) is 0 Å². The van der Waals surface area contributed by atoms with Crippen LogP contribution in [0, 0.1) is 0 Å². The molecule has 1 aromatic carbocycles. The summed E-state index contributed by atoms with van der Waals surface area (Å²) in [5.74, 6) is -0.0176. The van der Waals surface area contributed by atoms with Crippen LogP contribution in [0.15, 0.2) is 29.2 Å². The van der Waals surface area contributed by atoms with Gasteiger partial charge in [-0.2, -0.15) is 0 Å². The molecule has 1 N–H and O–H groups in total. The van der Waals surface area contributed by atoms with Gasteiger partial charge in [-0.05, 0) is 31.5 Å². The molecule has 0 aliphatic heterocycles. The Morgan fingerprint density at radius 1 is 1.37 bits per heavy atom. The first-order valence-electron chi connectivity index (χ1n) is 6.44. The Balaban J connectivity index is 2.39. The van der Waals surface area contributed by atoms with Crippen molar-refractivity contribution in [2.75, 3.05) is 13.1 Å². The van der Waals surface area contributed by atoms with E-state index in [0.29, 0.717) is 23.1 Å². The molecule has 2 rings (SSSR count). The highest BCUT2D eigenvalue weighted by molar-refractivity contribution is 5.97. The normalized spacial score (nSPS) is 10.6. The topological polar surface area (TPSA) is 66.1 Å². The third-order valence-corrected chi connectivity index (χ3v) is 2.98. The predicted molar refractivity (Wildman–Crippen MR) is 74.2 cm³/mol. The smallest absolute Gasteiger partial charge is 0.266 e. The molecular formula is C14H17N3O2. The summed E-state index contributed by atoms with van der Waals surface area (Å²) >= 11 is 0. The Morgan fingerprint density at radius 3 is 2.84 bits per heavy atom. The monoisotopic (exact) mass is 259 g/mol. The molecule has 2 aromatic rings. The van der Waals surface area contributed by atoms with Gasteiger partial charge in [-0.15, -0.1) is 0 Å². The molecule has 100 valence electrons. The van der Waals surface area contributed by atoms with Crippen LogP contribution in [0.2, 0.25) is 0 Å². The molecule has 0 unspecified atom stereocenters. The van der Waals surface area contributed by atoms with Crippen LogP contribution in [-0.2, 0) is 0 Å². The summed E-state index contributed by atoms with van der Waals surface area (Å²) in [5, 5.41) is 0. The van der Waals surface area contributed by atoms with Crippen LogP contribution in [0.1, 0.15) is 30.6 Å². The Labute approximate surface area is 111 Å². The fourth-order valence-corrected chi connectivity index (χ4v) is 2.03. The lowest BCUT2D eigenvalue weighted by molar-refractivity contribution is 0.0764. The number of nitrogens with zero attached hydrogens (tertiary/aromatic N) is 2. The van der Waals surface area contributed by atoms with E-state index < -0.39 is 0 Å². The van der Waals surface area contributed by atoms with E-state index in [2.05, 4.69) is 9.97 Å². The predicted octanol–water partition coefficient (Wildman–Crippen LogP) is 1.80. The molecule has 19 heavy (non-hydrogen) atoms. The van der Waals surface area contributed by atoms with Crippen molar-refractivity contribution in [2.45, 2.75) is 20.3 Å². The Kier molecular flexibility index (Phi) is 3.94. The molecule has 0 aliphatic rings. The lowest BCUT2D eigenvalue weighted by Gasteiger charge is -2.20. The van der Waals surface area contributed by atoms with Crippen molar-refractivity contribution in [1.82, 2.24) is 14.9 Å². The van der Waals surface area contributed by atoms with E-state index in [1.165, 1.54) is 6.20 Å². The van der Waals surface area contributed by atoms with E-state index in [1.54, 1.807) is 23.1 Å². The van der Waals surface area contributed by atoms with Gasteiger partial charge in [0.1, 0.15) is 0 Å². The number of aromatic amines is 1. The lowest BCUT2D eigenvalue weighted by atomic mass is 10.1. The Hall–Kier alpha value is -2.17. The molecular weight excluding hydrogens is 242 g/mol. The molecule has 0 radical (unpaired) electrons. The summed E-state index contributed by atoms with van der Waals surface area (Å²) in [6.45, 7) is 5.40. The van der Waals surface area contributed by atoms with Crippen LogP contribution in [0.4, 0.5) is 0 Å². The zero-order chi connectivity index (χ0) is 13.8. The Morgan fingerprint density at radius 2 is 2.16 bits per heavy atom. The second-order valence-electron chi connectivity index (χ2n) is 4.36. The van der Waals surface area contributed by atoms with E-state index in [0.717, 1.165) is 13.0 Å². The molecule has 5 heteroatoms. The standard InChI is InChI=1S/C14H17N3O2/c1-3-7-17(4-2)14(19)10-5-6-11-12(8-10)16-13(18)9-15-11/h5-6,8-9H,3-4,7H2,1-2H3,(H,16,18). The number of aromatic nitrogens is 2. The summed E-state index contributed by atoms with van der Waals surface area (Å²) in [5.41, 5.74) is 1.57. The molecule has 1 amide bonds. The number of nitrogens with one attached hydrogen (secondary N) is 1. The maximum absolute atomic E-state index is 12.3. The van der Waals surface area contributed by atoms with E-state index in [4.69, 9.17) is 0 Å². The number of amides is 1.